The Morgan fingerprint density at radius 3 is 2.38 bits per heavy atom. The van der Waals surface area contributed by atoms with Crippen LogP contribution in [0.25, 0.3) is 0 Å². The van der Waals surface area contributed by atoms with Crippen LogP contribution >= 0.6 is 0 Å². The second-order valence-electron chi connectivity index (χ2n) is 5.25. The van der Waals surface area contributed by atoms with Crippen molar-refractivity contribution in [3.05, 3.63) is 29.8 Å². The molecule has 1 atom stereocenters. The molecule has 8 heteroatoms. The van der Waals surface area contributed by atoms with Crippen LogP contribution in [-0.4, -0.2) is 52.8 Å². The van der Waals surface area contributed by atoms with Crippen molar-refractivity contribution >= 4 is 19.9 Å². The molecule has 0 saturated carbocycles. The zero-order valence-corrected chi connectivity index (χ0v) is 13.7. The van der Waals surface area contributed by atoms with Gasteiger partial charge in [-0.3, -0.25) is 0 Å². The predicted octanol–water partition coefficient (Wildman–Crippen LogP) is 0.214. The minimum absolute atomic E-state index is 0.0542. The van der Waals surface area contributed by atoms with Gasteiger partial charge in [0.15, 0.2) is 9.84 Å². The van der Waals surface area contributed by atoms with Crippen molar-refractivity contribution < 1.29 is 16.8 Å². The molecule has 0 radical (unpaired) electrons. The Morgan fingerprint density at radius 2 is 1.90 bits per heavy atom. The van der Waals surface area contributed by atoms with Gasteiger partial charge in [0.1, 0.15) is 0 Å². The second kappa shape index (κ2) is 6.04. The molecule has 21 heavy (non-hydrogen) atoms. The highest BCUT2D eigenvalue weighted by Crippen LogP contribution is 2.23. The molecule has 1 saturated heterocycles. The van der Waals surface area contributed by atoms with E-state index in [1.54, 1.807) is 24.3 Å². The molecule has 0 aromatic heterocycles. The van der Waals surface area contributed by atoms with Crippen molar-refractivity contribution in [3.8, 4) is 0 Å². The number of nitrogens with one attached hydrogen (secondary N) is 1. The monoisotopic (exact) mass is 332 g/mol. The number of hydrogen-bond acceptors (Lipinski definition) is 5. The minimum atomic E-state index is -3.66. The number of nitrogens with zero attached hydrogens (tertiary/aromatic N) is 1. The Hall–Kier alpha value is -0.960. The van der Waals surface area contributed by atoms with E-state index in [-0.39, 0.29) is 16.4 Å². The molecule has 1 aromatic carbocycles. The summed E-state index contributed by atoms with van der Waals surface area (Å²) < 4.78 is 49.2. The van der Waals surface area contributed by atoms with E-state index in [2.05, 4.69) is 5.32 Å². The van der Waals surface area contributed by atoms with Crippen LogP contribution in [0.1, 0.15) is 12.0 Å². The Balaban J connectivity index is 2.21. The lowest BCUT2D eigenvalue weighted by Gasteiger charge is -2.22. The van der Waals surface area contributed by atoms with Gasteiger partial charge in [0.2, 0.25) is 10.0 Å². The highest BCUT2D eigenvalue weighted by Gasteiger charge is 2.36. The van der Waals surface area contributed by atoms with Crippen LogP contribution < -0.4 is 5.32 Å². The molecule has 0 aliphatic carbocycles. The number of sulfone groups is 1. The number of benzene rings is 1. The van der Waals surface area contributed by atoms with Crippen molar-refractivity contribution in [1.82, 2.24) is 9.62 Å². The largest absolute Gasteiger partial charge is 0.316 e. The Labute approximate surface area is 126 Å². The highest BCUT2D eigenvalue weighted by atomic mass is 32.2. The molecule has 0 spiro atoms. The van der Waals surface area contributed by atoms with Gasteiger partial charge < -0.3 is 5.32 Å². The summed E-state index contributed by atoms with van der Waals surface area (Å²) in [5.41, 5.74) is 0.988. The average molecular weight is 332 g/mol. The standard InChI is InChI=1S/C13H20N2O4S2/c1-14-9-11-3-5-13(6-4-11)21(18,19)15(2)12-7-8-20(16,17)10-12/h3-6,12,14H,7-10H2,1-2H3. The van der Waals surface area contributed by atoms with Crippen LogP contribution in [0.4, 0.5) is 0 Å². The van der Waals surface area contributed by atoms with Gasteiger partial charge in [0.25, 0.3) is 0 Å². The van der Waals surface area contributed by atoms with Crippen molar-refractivity contribution in [3.63, 3.8) is 0 Å². The van der Waals surface area contributed by atoms with Gasteiger partial charge in [0, 0.05) is 19.6 Å². The molecule has 1 fully saturated rings. The Bertz CT molecular complexity index is 696. The first-order valence-electron chi connectivity index (χ1n) is 6.68. The van der Waals surface area contributed by atoms with Crippen molar-refractivity contribution in [2.24, 2.45) is 0 Å². The molecular weight excluding hydrogens is 312 g/mol. The number of hydrogen-bond donors (Lipinski definition) is 1. The fourth-order valence-electron chi connectivity index (χ4n) is 2.41. The highest BCUT2D eigenvalue weighted by molar-refractivity contribution is 7.92. The molecule has 2 rings (SSSR count). The van der Waals surface area contributed by atoms with Gasteiger partial charge >= 0.3 is 0 Å². The molecule has 0 bridgehead atoms. The maximum Gasteiger partial charge on any atom is 0.243 e. The molecule has 0 amide bonds. The summed E-state index contributed by atoms with van der Waals surface area (Å²) >= 11 is 0. The number of rotatable bonds is 5. The van der Waals surface area contributed by atoms with Crippen LogP contribution in [0.5, 0.6) is 0 Å². The third-order valence-corrected chi connectivity index (χ3v) is 7.38. The molecular formula is C13H20N2O4S2. The summed E-state index contributed by atoms with van der Waals surface area (Å²) in [6.45, 7) is 0.664. The van der Waals surface area contributed by atoms with Crippen LogP contribution in [0.15, 0.2) is 29.2 Å². The summed E-state index contributed by atoms with van der Waals surface area (Å²) in [6, 6.07) is 6.15. The first-order chi connectivity index (χ1) is 9.76. The molecule has 1 heterocycles. The van der Waals surface area contributed by atoms with Crippen molar-refractivity contribution in [2.45, 2.75) is 23.9 Å². The first-order valence-corrected chi connectivity index (χ1v) is 9.94. The van der Waals surface area contributed by atoms with E-state index in [9.17, 15) is 16.8 Å². The molecule has 1 aliphatic rings. The van der Waals surface area contributed by atoms with E-state index in [1.165, 1.54) is 11.4 Å². The molecule has 1 aromatic rings. The topological polar surface area (TPSA) is 83.6 Å². The van der Waals surface area contributed by atoms with Gasteiger partial charge in [-0.2, -0.15) is 4.31 Å². The normalized spacial score (nSPS) is 21.8. The third kappa shape index (κ3) is 3.63. The van der Waals surface area contributed by atoms with Crippen LogP contribution in [-0.2, 0) is 26.4 Å². The van der Waals surface area contributed by atoms with Gasteiger partial charge in [0.05, 0.1) is 16.4 Å². The van der Waals surface area contributed by atoms with Crippen LogP contribution in [0, 0.1) is 0 Å². The quantitative estimate of drug-likeness (QED) is 0.833. The smallest absolute Gasteiger partial charge is 0.243 e. The van der Waals surface area contributed by atoms with E-state index in [0.29, 0.717) is 13.0 Å². The Morgan fingerprint density at radius 1 is 1.29 bits per heavy atom. The Kier molecular flexibility index (Phi) is 4.72. The van der Waals surface area contributed by atoms with E-state index in [1.807, 2.05) is 7.05 Å². The molecule has 6 nitrogen and oxygen atoms in total. The zero-order chi connectivity index (χ0) is 15.7. The third-order valence-electron chi connectivity index (χ3n) is 3.70. The maximum atomic E-state index is 12.5. The molecule has 1 aliphatic heterocycles. The van der Waals surface area contributed by atoms with Crippen LogP contribution in [0.3, 0.4) is 0 Å². The second-order valence-corrected chi connectivity index (χ2v) is 9.48. The fraction of sp³-hybridized carbons (Fsp3) is 0.538. The summed E-state index contributed by atoms with van der Waals surface area (Å²) in [7, 11) is -3.50. The lowest BCUT2D eigenvalue weighted by atomic mass is 10.2. The summed E-state index contributed by atoms with van der Waals surface area (Å²) in [5, 5.41) is 2.99. The molecule has 1 N–H and O–H groups in total. The first kappa shape index (κ1) is 16.4. The van der Waals surface area contributed by atoms with Gasteiger partial charge in [-0.25, -0.2) is 16.8 Å². The van der Waals surface area contributed by atoms with E-state index in [4.69, 9.17) is 0 Å². The predicted molar refractivity (Wildman–Crippen MR) is 81.2 cm³/mol. The zero-order valence-electron chi connectivity index (χ0n) is 12.1. The van der Waals surface area contributed by atoms with Crippen LogP contribution in [0.2, 0.25) is 0 Å². The van der Waals surface area contributed by atoms with Gasteiger partial charge in [-0.05, 0) is 31.2 Å². The molecule has 118 valence electrons. The van der Waals surface area contributed by atoms with Crippen molar-refractivity contribution in [2.75, 3.05) is 25.6 Å². The minimum Gasteiger partial charge on any atom is -0.316 e. The van der Waals surface area contributed by atoms with E-state index >= 15 is 0 Å². The van der Waals surface area contributed by atoms with Gasteiger partial charge in [-0.1, -0.05) is 12.1 Å². The maximum absolute atomic E-state index is 12.5. The number of sulfonamides is 1. The average Bonchev–Trinajstić information content (AvgIpc) is 2.79. The summed E-state index contributed by atoms with van der Waals surface area (Å²) in [4.78, 5) is 0.189. The summed E-state index contributed by atoms with van der Waals surface area (Å²) in [6.07, 6.45) is 0.357. The van der Waals surface area contributed by atoms with E-state index in [0.717, 1.165) is 5.56 Å². The fourth-order valence-corrected chi connectivity index (χ4v) is 5.66. The SMILES string of the molecule is CNCc1ccc(S(=O)(=O)N(C)C2CCS(=O)(=O)C2)cc1. The summed E-state index contributed by atoms with van der Waals surface area (Å²) in [5.74, 6) is -0.0425. The lowest BCUT2D eigenvalue weighted by Crippen LogP contribution is -2.37. The van der Waals surface area contributed by atoms with Crippen molar-refractivity contribution in [1.29, 1.82) is 0 Å². The lowest BCUT2D eigenvalue weighted by molar-refractivity contribution is 0.394. The molecule has 1 unspecified atom stereocenters. The van der Waals surface area contributed by atoms with Gasteiger partial charge in [-0.15, -0.1) is 0 Å². The van der Waals surface area contributed by atoms with E-state index < -0.39 is 25.9 Å².